The van der Waals surface area contributed by atoms with Crippen molar-refractivity contribution in [2.75, 3.05) is 18.1 Å². The molecule has 0 N–H and O–H groups in total. The van der Waals surface area contributed by atoms with Crippen LogP contribution in [0.25, 0.3) is 0 Å². The molecule has 1 aromatic carbocycles. The SMILES string of the molecule is CCOC(=O)CCN1C(=O)C(=O)c2cc(C(C)C)ccc21. The van der Waals surface area contributed by atoms with Crippen LogP contribution in [0.3, 0.4) is 0 Å². The normalized spacial score (nSPS) is 13.8. The number of anilines is 1. The molecule has 112 valence electrons. The molecule has 0 saturated heterocycles. The average Bonchev–Trinajstić information content (AvgIpc) is 2.69. The molecule has 1 amide bonds. The fraction of sp³-hybridized carbons (Fsp3) is 0.438. The molecule has 1 aliphatic heterocycles. The maximum Gasteiger partial charge on any atom is 0.307 e. The maximum atomic E-state index is 12.0. The zero-order valence-electron chi connectivity index (χ0n) is 12.5. The van der Waals surface area contributed by atoms with E-state index in [1.54, 1.807) is 19.1 Å². The van der Waals surface area contributed by atoms with Crippen molar-refractivity contribution in [3.05, 3.63) is 29.3 Å². The molecular formula is C16H19NO4. The van der Waals surface area contributed by atoms with Crippen molar-refractivity contribution < 1.29 is 19.1 Å². The van der Waals surface area contributed by atoms with Gasteiger partial charge >= 0.3 is 5.97 Å². The number of benzene rings is 1. The van der Waals surface area contributed by atoms with E-state index in [0.717, 1.165) is 5.56 Å². The molecule has 1 aromatic rings. The van der Waals surface area contributed by atoms with Crippen molar-refractivity contribution >= 4 is 23.3 Å². The number of hydrogen-bond acceptors (Lipinski definition) is 4. The van der Waals surface area contributed by atoms with E-state index in [9.17, 15) is 14.4 Å². The molecule has 5 heteroatoms. The van der Waals surface area contributed by atoms with Crippen molar-refractivity contribution in [2.45, 2.75) is 33.1 Å². The molecular weight excluding hydrogens is 270 g/mol. The van der Waals surface area contributed by atoms with Gasteiger partial charge in [-0.05, 0) is 30.5 Å². The molecule has 21 heavy (non-hydrogen) atoms. The third kappa shape index (κ3) is 2.96. The second kappa shape index (κ2) is 6.08. The van der Waals surface area contributed by atoms with Gasteiger partial charge in [0.25, 0.3) is 11.7 Å². The highest BCUT2D eigenvalue weighted by Crippen LogP contribution is 2.31. The molecule has 2 rings (SSSR count). The predicted octanol–water partition coefficient (Wildman–Crippen LogP) is 2.29. The summed E-state index contributed by atoms with van der Waals surface area (Å²) in [6.07, 6.45) is 0.0816. The number of ketones is 1. The number of fused-ring (bicyclic) bond motifs is 1. The number of ether oxygens (including phenoxy) is 1. The molecule has 0 unspecified atom stereocenters. The fourth-order valence-electron chi connectivity index (χ4n) is 2.34. The lowest BCUT2D eigenvalue weighted by Gasteiger charge is -2.16. The number of carbonyl (C=O) groups is 3. The Morgan fingerprint density at radius 3 is 2.62 bits per heavy atom. The van der Waals surface area contributed by atoms with Gasteiger partial charge in [-0.25, -0.2) is 0 Å². The number of rotatable bonds is 5. The van der Waals surface area contributed by atoms with Gasteiger partial charge in [-0.1, -0.05) is 19.9 Å². The van der Waals surface area contributed by atoms with E-state index in [4.69, 9.17) is 4.74 Å². The third-order valence-corrected chi connectivity index (χ3v) is 3.51. The zero-order chi connectivity index (χ0) is 15.6. The van der Waals surface area contributed by atoms with E-state index >= 15 is 0 Å². The topological polar surface area (TPSA) is 63.7 Å². The second-order valence-electron chi connectivity index (χ2n) is 5.27. The van der Waals surface area contributed by atoms with E-state index in [1.807, 2.05) is 19.9 Å². The Morgan fingerprint density at radius 1 is 1.29 bits per heavy atom. The summed E-state index contributed by atoms with van der Waals surface area (Å²) >= 11 is 0. The van der Waals surface area contributed by atoms with Crippen LogP contribution in [0.4, 0.5) is 5.69 Å². The van der Waals surface area contributed by atoms with Crippen LogP contribution < -0.4 is 4.90 Å². The molecule has 5 nitrogen and oxygen atoms in total. The first kappa shape index (κ1) is 15.2. The van der Waals surface area contributed by atoms with Crippen LogP contribution in [0.2, 0.25) is 0 Å². The first-order chi connectivity index (χ1) is 9.95. The summed E-state index contributed by atoms with van der Waals surface area (Å²) in [7, 11) is 0. The van der Waals surface area contributed by atoms with Crippen molar-refractivity contribution in [1.82, 2.24) is 0 Å². The van der Waals surface area contributed by atoms with Gasteiger partial charge in [0.1, 0.15) is 0 Å². The molecule has 0 spiro atoms. The Bertz CT molecular complexity index is 592. The van der Waals surface area contributed by atoms with Crippen LogP contribution in [0.1, 0.15) is 49.0 Å². The molecule has 1 aliphatic rings. The van der Waals surface area contributed by atoms with Crippen LogP contribution in [0, 0.1) is 0 Å². The highest BCUT2D eigenvalue weighted by molar-refractivity contribution is 6.52. The third-order valence-electron chi connectivity index (χ3n) is 3.51. The number of carbonyl (C=O) groups excluding carboxylic acids is 3. The molecule has 0 aromatic heterocycles. The highest BCUT2D eigenvalue weighted by atomic mass is 16.5. The molecule has 0 atom stereocenters. The van der Waals surface area contributed by atoms with Gasteiger partial charge in [0.05, 0.1) is 24.3 Å². The van der Waals surface area contributed by atoms with Gasteiger partial charge in [-0.2, -0.15) is 0 Å². The summed E-state index contributed by atoms with van der Waals surface area (Å²) < 4.78 is 4.84. The molecule has 0 fully saturated rings. The zero-order valence-corrected chi connectivity index (χ0v) is 12.5. The van der Waals surface area contributed by atoms with E-state index < -0.39 is 11.7 Å². The Hall–Kier alpha value is -2.17. The summed E-state index contributed by atoms with van der Waals surface area (Å²) in [5, 5.41) is 0. The number of esters is 1. The fourth-order valence-corrected chi connectivity index (χ4v) is 2.34. The van der Waals surface area contributed by atoms with Gasteiger partial charge in [0.2, 0.25) is 0 Å². The van der Waals surface area contributed by atoms with Gasteiger partial charge in [0.15, 0.2) is 0 Å². The van der Waals surface area contributed by atoms with Crippen LogP contribution in [0.5, 0.6) is 0 Å². The minimum Gasteiger partial charge on any atom is -0.466 e. The smallest absolute Gasteiger partial charge is 0.307 e. The predicted molar refractivity (Wildman–Crippen MR) is 78.5 cm³/mol. The average molecular weight is 289 g/mol. The number of nitrogens with zero attached hydrogens (tertiary/aromatic N) is 1. The number of Topliss-reactive ketones (excluding diaryl/α,β-unsaturated/α-hetero) is 1. The quantitative estimate of drug-likeness (QED) is 0.616. The summed E-state index contributed by atoms with van der Waals surface area (Å²) in [6, 6.07) is 5.45. The lowest BCUT2D eigenvalue weighted by molar-refractivity contribution is -0.142. The Labute approximate surface area is 123 Å². The minimum atomic E-state index is -0.574. The van der Waals surface area contributed by atoms with Gasteiger partial charge < -0.3 is 9.64 Å². The summed E-state index contributed by atoms with van der Waals surface area (Å²) in [4.78, 5) is 36.8. The largest absolute Gasteiger partial charge is 0.466 e. The van der Waals surface area contributed by atoms with Gasteiger partial charge in [-0.15, -0.1) is 0 Å². The number of amides is 1. The van der Waals surface area contributed by atoms with Crippen LogP contribution in [0.15, 0.2) is 18.2 Å². The van der Waals surface area contributed by atoms with Crippen LogP contribution >= 0.6 is 0 Å². The van der Waals surface area contributed by atoms with E-state index in [-0.39, 0.29) is 24.9 Å². The molecule has 0 aliphatic carbocycles. The van der Waals surface area contributed by atoms with Crippen LogP contribution in [-0.4, -0.2) is 30.8 Å². The molecule has 0 radical (unpaired) electrons. The maximum absolute atomic E-state index is 12.0. The van der Waals surface area contributed by atoms with E-state index in [2.05, 4.69) is 0 Å². The summed E-state index contributed by atoms with van der Waals surface area (Å²) in [6.45, 7) is 6.26. The van der Waals surface area contributed by atoms with Crippen molar-refractivity contribution in [2.24, 2.45) is 0 Å². The Kier molecular flexibility index (Phi) is 4.40. The van der Waals surface area contributed by atoms with Crippen molar-refractivity contribution in [1.29, 1.82) is 0 Å². The monoisotopic (exact) mass is 289 g/mol. The van der Waals surface area contributed by atoms with Crippen molar-refractivity contribution in [3.8, 4) is 0 Å². The highest BCUT2D eigenvalue weighted by Gasteiger charge is 2.36. The Balaban J connectivity index is 2.21. The molecule has 1 heterocycles. The van der Waals surface area contributed by atoms with Crippen LogP contribution in [-0.2, 0) is 14.3 Å². The standard InChI is InChI=1S/C16H19NO4/c1-4-21-14(18)7-8-17-13-6-5-11(10(2)3)9-12(13)15(19)16(17)20/h5-6,9-10H,4,7-8H2,1-3H3. The Morgan fingerprint density at radius 2 is 2.00 bits per heavy atom. The van der Waals surface area contributed by atoms with Gasteiger partial charge in [-0.3, -0.25) is 14.4 Å². The van der Waals surface area contributed by atoms with E-state index in [1.165, 1.54) is 4.90 Å². The molecule has 0 bridgehead atoms. The number of hydrogen-bond donors (Lipinski definition) is 0. The molecule has 0 saturated carbocycles. The summed E-state index contributed by atoms with van der Waals surface area (Å²) in [5.41, 5.74) is 2.02. The summed E-state index contributed by atoms with van der Waals surface area (Å²) in [5.74, 6) is -1.16. The first-order valence-electron chi connectivity index (χ1n) is 7.11. The lowest BCUT2D eigenvalue weighted by atomic mass is 9.99. The van der Waals surface area contributed by atoms with Crippen molar-refractivity contribution in [3.63, 3.8) is 0 Å². The lowest BCUT2D eigenvalue weighted by Crippen LogP contribution is -2.32. The van der Waals surface area contributed by atoms with E-state index in [0.29, 0.717) is 17.9 Å². The second-order valence-corrected chi connectivity index (χ2v) is 5.27. The minimum absolute atomic E-state index is 0.0816. The first-order valence-corrected chi connectivity index (χ1v) is 7.11. The van der Waals surface area contributed by atoms with Gasteiger partial charge in [0, 0.05) is 6.54 Å².